The van der Waals surface area contributed by atoms with Crippen LogP contribution in [0, 0.1) is 0 Å². The second-order valence-corrected chi connectivity index (χ2v) is 3.64. The van der Waals surface area contributed by atoms with E-state index in [-0.39, 0.29) is 0 Å². The van der Waals surface area contributed by atoms with Gasteiger partial charge in [0.05, 0.1) is 11.2 Å². The molecule has 72 valence electrons. The molecule has 1 aromatic heterocycles. The van der Waals surface area contributed by atoms with Gasteiger partial charge in [-0.2, -0.15) is 0 Å². The van der Waals surface area contributed by atoms with Crippen molar-refractivity contribution in [2.75, 3.05) is 5.73 Å². The Morgan fingerprint density at radius 1 is 1.14 bits per heavy atom. The minimum absolute atomic E-state index is 0.354. The van der Waals surface area contributed by atoms with Gasteiger partial charge in [0.2, 0.25) is 5.95 Å². The lowest BCUT2D eigenvalue weighted by molar-refractivity contribution is 0.832. The number of nitrogen functional groups attached to an aromatic ring is 1. The molecule has 0 spiro atoms. The van der Waals surface area contributed by atoms with Crippen LogP contribution in [-0.2, 0) is 0 Å². The monoisotopic (exact) mass is 187 g/mol. The Labute approximate surface area is 83.0 Å². The van der Waals surface area contributed by atoms with Crippen LogP contribution in [-0.4, -0.2) is 9.97 Å². The predicted octanol–water partition coefficient (Wildman–Crippen LogP) is 2.34. The molecule has 0 aliphatic heterocycles. The highest BCUT2D eigenvalue weighted by Gasteiger charge is 2.08. The van der Waals surface area contributed by atoms with Crippen LogP contribution in [0.15, 0.2) is 24.3 Å². The first-order valence-corrected chi connectivity index (χ1v) is 4.70. The van der Waals surface area contributed by atoms with E-state index in [9.17, 15) is 0 Å². The molecular formula is C11H13N3. The molecule has 0 unspecified atom stereocenters. The largest absolute Gasteiger partial charge is 0.368 e. The molecule has 3 heteroatoms. The zero-order valence-electron chi connectivity index (χ0n) is 8.36. The van der Waals surface area contributed by atoms with Gasteiger partial charge in [-0.25, -0.2) is 9.97 Å². The lowest BCUT2D eigenvalue weighted by Crippen LogP contribution is -2.01. The summed E-state index contributed by atoms with van der Waals surface area (Å²) in [7, 11) is 0. The lowest BCUT2D eigenvalue weighted by atomic mass is 10.1. The van der Waals surface area contributed by atoms with Crippen molar-refractivity contribution in [3.63, 3.8) is 0 Å². The number of nitrogens with two attached hydrogens (primary N) is 1. The SMILES string of the molecule is CC(C)c1nc(N)nc2ccccc12. The van der Waals surface area contributed by atoms with Crippen LogP contribution in [0.2, 0.25) is 0 Å². The Hall–Kier alpha value is -1.64. The smallest absolute Gasteiger partial charge is 0.220 e. The van der Waals surface area contributed by atoms with E-state index < -0.39 is 0 Å². The van der Waals surface area contributed by atoms with Crippen molar-refractivity contribution < 1.29 is 0 Å². The fourth-order valence-electron chi connectivity index (χ4n) is 1.56. The van der Waals surface area contributed by atoms with Gasteiger partial charge >= 0.3 is 0 Å². The first-order valence-electron chi connectivity index (χ1n) is 4.70. The highest BCUT2D eigenvalue weighted by Crippen LogP contribution is 2.22. The van der Waals surface area contributed by atoms with Crippen molar-refractivity contribution in [3.05, 3.63) is 30.0 Å². The van der Waals surface area contributed by atoms with Crippen LogP contribution in [0.3, 0.4) is 0 Å². The Morgan fingerprint density at radius 2 is 1.86 bits per heavy atom. The zero-order valence-corrected chi connectivity index (χ0v) is 8.36. The maximum Gasteiger partial charge on any atom is 0.220 e. The van der Waals surface area contributed by atoms with E-state index in [2.05, 4.69) is 23.8 Å². The minimum Gasteiger partial charge on any atom is -0.368 e. The summed E-state index contributed by atoms with van der Waals surface area (Å²) in [6.07, 6.45) is 0. The molecule has 0 atom stereocenters. The molecule has 1 heterocycles. The number of benzene rings is 1. The molecule has 0 saturated heterocycles. The van der Waals surface area contributed by atoms with Crippen molar-refractivity contribution >= 4 is 16.9 Å². The summed E-state index contributed by atoms with van der Waals surface area (Å²) in [6.45, 7) is 4.21. The van der Waals surface area contributed by atoms with E-state index in [1.807, 2.05) is 24.3 Å². The third-order valence-electron chi connectivity index (χ3n) is 2.20. The number of nitrogens with zero attached hydrogens (tertiary/aromatic N) is 2. The molecule has 3 nitrogen and oxygen atoms in total. The molecule has 0 bridgehead atoms. The fraction of sp³-hybridized carbons (Fsp3) is 0.273. The number of fused-ring (bicyclic) bond motifs is 1. The predicted molar refractivity (Wildman–Crippen MR) is 58.0 cm³/mol. The molecular weight excluding hydrogens is 174 g/mol. The van der Waals surface area contributed by atoms with Crippen LogP contribution in [0.4, 0.5) is 5.95 Å². The molecule has 2 N–H and O–H groups in total. The van der Waals surface area contributed by atoms with E-state index in [1.165, 1.54) is 0 Å². The second-order valence-electron chi connectivity index (χ2n) is 3.64. The van der Waals surface area contributed by atoms with Gasteiger partial charge < -0.3 is 5.73 Å². The van der Waals surface area contributed by atoms with Crippen LogP contribution in [0.5, 0.6) is 0 Å². The van der Waals surface area contributed by atoms with E-state index in [1.54, 1.807) is 0 Å². The quantitative estimate of drug-likeness (QED) is 0.745. The van der Waals surface area contributed by atoms with Gasteiger partial charge in [0.1, 0.15) is 0 Å². The third kappa shape index (κ3) is 1.41. The number of rotatable bonds is 1. The molecule has 0 saturated carbocycles. The number of aromatic nitrogens is 2. The second kappa shape index (κ2) is 3.25. The first kappa shape index (κ1) is 8.94. The number of hydrogen-bond acceptors (Lipinski definition) is 3. The van der Waals surface area contributed by atoms with Crippen molar-refractivity contribution in [2.24, 2.45) is 0 Å². The normalized spacial score (nSPS) is 11.1. The number of para-hydroxylation sites is 1. The Balaban J connectivity index is 2.80. The molecule has 0 fully saturated rings. The summed E-state index contributed by atoms with van der Waals surface area (Å²) < 4.78 is 0. The van der Waals surface area contributed by atoms with Gasteiger partial charge in [0.15, 0.2) is 0 Å². The lowest BCUT2D eigenvalue weighted by Gasteiger charge is -2.08. The number of hydrogen-bond donors (Lipinski definition) is 1. The maximum absolute atomic E-state index is 5.64. The molecule has 0 radical (unpaired) electrons. The molecule has 1 aromatic carbocycles. The van der Waals surface area contributed by atoms with E-state index >= 15 is 0 Å². The molecule has 0 amide bonds. The highest BCUT2D eigenvalue weighted by molar-refractivity contribution is 5.82. The zero-order chi connectivity index (χ0) is 10.1. The van der Waals surface area contributed by atoms with Crippen molar-refractivity contribution in [2.45, 2.75) is 19.8 Å². The van der Waals surface area contributed by atoms with Crippen LogP contribution >= 0.6 is 0 Å². The maximum atomic E-state index is 5.64. The van der Waals surface area contributed by atoms with Crippen LogP contribution in [0.25, 0.3) is 10.9 Å². The average Bonchev–Trinajstić information content (AvgIpc) is 2.16. The third-order valence-corrected chi connectivity index (χ3v) is 2.20. The average molecular weight is 187 g/mol. The van der Waals surface area contributed by atoms with Gasteiger partial charge in [-0.3, -0.25) is 0 Å². The molecule has 2 aromatic rings. The summed E-state index contributed by atoms with van der Waals surface area (Å²) in [5.41, 5.74) is 7.58. The first-order chi connectivity index (χ1) is 6.68. The van der Waals surface area contributed by atoms with E-state index in [0.29, 0.717) is 11.9 Å². The van der Waals surface area contributed by atoms with Crippen molar-refractivity contribution in [1.82, 2.24) is 9.97 Å². The molecule has 0 aliphatic rings. The Morgan fingerprint density at radius 3 is 2.57 bits per heavy atom. The fourth-order valence-corrected chi connectivity index (χ4v) is 1.56. The summed E-state index contributed by atoms with van der Waals surface area (Å²) >= 11 is 0. The summed E-state index contributed by atoms with van der Waals surface area (Å²) in [5, 5.41) is 1.09. The van der Waals surface area contributed by atoms with E-state index in [0.717, 1.165) is 16.6 Å². The van der Waals surface area contributed by atoms with Gasteiger partial charge in [-0.15, -0.1) is 0 Å². The topological polar surface area (TPSA) is 51.8 Å². The molecule has 2 rings (SSSR count). The van der Waals surface area contributed by atoms with Crippen LogP contribution < -0.4 is 5.73 Å². The van der Waals surface area contributed by atoms with Crippen LogP contribution in [0.1, 0.15) is 25.5 Å². The van der Waals surface area contributed by atoms with Gasteiger partial charge in [-0.1, -0.05) is 32.0 Å². The summed E-state index contributed by atoms with van der Waals surface area (Å²) in [4.78, 5) is 8.45. The van der Waals surface area contributed by atoms with E-state index in [4.69, 9.17) is 5.73 Å². The standard InChI is InChI=1S/C11H13N3/c1-7(2)10-8-5-3-4-6-9(8)13-11(12)14-10/h3-7H,1-2H3,(H2,12,13,14). The van der Waals surface area contributed by atoms with Crippen molar-refractivity contribution in [3.8, 4) is 0 Å². The molecule has 0 aliphatic carbocycles. The highest BCUT2D eigenvalue weighted by atomic mass is 15.0. The van der Waals surface area contributed by atoms with Gasteiger partial charge in [0.25, 0.3) is 0 Å². The number of anilines is 1. The summed E-state index contributed by atoms with van der Waals surface area (Å²) in [5.74, 6) is 0.720. The molecule has 14 heavy (non-hydrogen) atoms. The van der Waals surface area contributed by atoms with Gasteiger partial charge in [-0.05, 0) is 12.0 Å². The Bertz CT molecular complexity index is 463. The minimum atomic E-state index is 0.354. The summed E-state index contributed by atoms with van der Waals surface area (Å²) in [6, 6.07) is 7.94. The van der Waals surface area contributed by atoms with Gasteiger partial charge in [0, 0.05) is 5.39 Å². The Kier molecular flexibility index (Phi) is 2.08. The van der Waals surface area contributed by atoms with Crippen molar-refractivity contribution in [1.29, 1.82) is 0 Å².